The fraction of sp³-hybridized carbons (Fsp3) is 0.700. The first-order valence-corrected chi connectivity index (χ1v) is 4.87. The van der Waals surface area contributed by atoms with E-state index in [1.165, 1.54) is 18.4 Å². The van der Waals surface area contributed by atoms with Gasteiger partial charge in [-0.3, -0.25) is 4.68 Å². The molecule has 1 fully saturated rings. The van der Waals surface area contributed by atoms with E-state index in [0.29, 0.717) is 0 Å². The van der Waals surface area contributed by atoms with E-state index >= 15 is 0 Å². The molecule has 13 heavy (non-hydrogen) atoms. The zero-order valence-electron chi connectivity index (χ0n) is 8.38. The number of aryl methyl sites for hydroxylation is 3. The van der Waals surface area contributed by atoms with Crippen LogP contribution >= 0.6 is 0 Å². The van der Waals surface area contributed by atoms with E-state index < -0.39 is 0 Å². The van der Waals surface area contributed by atoms with Crippen molar-refractivity contribution in [2.24, 2.45) is 12.8 Å². The van der Waals surface area contributed by atoms with Crippen LogP contribution in [0.1, 0.15) is 30.5 Å². The van der Waals surface area contributed by atoms with Crippen molar-refractivity contribution in [3.63, 3.8) is 0 Å². The van der Waals surface area contributed by atoms with Crippen molar-refractivity contribution in [2.45, 2.75) is 38.1 Å². The molecule has 1 heterocycles. The molecule has 0 spiro atoms. The van der Waals surface area contributed by atoms with Gasteiger partial charge in [-0.1, -0.05) is 0 Å². The van der Waals surface area contributed by atoms with Crippen molar-refractivity contribution < 1.29 is 0 Å². The molecule has 0 unspecified atom stereocenters. The molecular weight excluding hydrogens is 162 g/mol. The molecule has 1 saturated carbocycles. The van der Waals surface area contributed by atoms with Gasteiger partial charge in [0.1, 0.15) is 0 Å². The van der Waals surface area contributed by atoms with Crippen LogP contribution in [-0.2, 0) is 13.5 Å². The van der Waals surface area contributed by atoms with Gasteiger partial charge < -0.3 is 5.73 Å². The standard InChI is InChI=1S/C10H17N3/c1-8-9(7-13(2)12-8)3-4-10(11)5-6-10/h7H,3-6,11H2,1-2H3. The molecule has 0 atom stereocenters. The average Bonchev–Trinajstić information content (AvgIpc) is 2.69. The van der Waals surface area contributed by atoms with Crippen LogP contribution in [-0.4, -0.2) is 15.3 Å². The highest BCUT2D eigenvalue weighted by atomic mass is 15.2. The first-order chi connectivity index (χ1) is 6.09. The summed E-state index contributed by atoms with van der Waals surface area (Å²) in [5.74, 6) is 0. The molecule has 1 aliphatic rings. The third-order valence-electron chi connectivity index (χ3n) is 2.90. The molecule has 0 radical (unpaired) electrons. The van der Waals surface area contributed by atoms with Gasteiger partial charge in [-0.15, -0.1) is 0 Å². The minimum Gasteiger partial charge on any atom is -0.325 e. The molecule has 0 bridgehead atoms. The first kappa shape index (κ1) is 8.75. The summed E-state index contributed by atoms with van der Waals surface area (Å²) < 4.78 is 1.88. The van der Waals surface area contributed by atoms with Crippen molar-refractivity contribution in [2.75, 3.05) is 0 Å². The minimum absolute atomic E-state index is 0.169. The predicted octanol–water partition coefficient (Wildman–Crippen LogP) is 1.15. The van der Waals surface area contributed by atoms with Crippen LogP contribution in [0, 0.1) is 6.92 Å². The van der Waals surface area contributed by atoms with Crippen LogP contribution in [0.2, 0.25) is 0 Å². The Kier molecular flexibility index (Phi) is 1.91. The Bertz CT molecular complexity index is 310. The number of hydrogen-bond acceptors (Lipinski definition) is 2. The zero-order valence-corrected chi connectivity index (χ0v) is 8.38. The van der Waals surface area contributed by atoms with Gasteiger partial charge in [0, 0.05) is 18.8 Å². The van der Waals surface area contributed by atoms with Crippen LogP contribution in [0.3, 0.4) is 0 Å². The summed E-state index contributed by atoms with van der Waals surface area (Å²) in [7, 11) is 1.96. The van der Waals surface area contributed by atoms with E-state index in [9.17, 15) is 0 Å². The molecule has 3 nitrogen and oxygen atoms in total. The number of nitrogens with zero attached hydrogens (tertiary/aromatic N) is 2. The first-order valence-electron chi connectivity index (χ1n) is 4.87. The quantitative estimate of drug-likeness (QED) is 0.756. The topological polar surface area (TPSA) is 43.8 Å². The van der Waals surface area contributed by atoms with Crippen molar-refractivity contribution in [3.8, 4) is 0 Å². The summed E-state index contributed by atoms with van der Waals surface area (Å²) in [5.41, 5.74) is 8.68. The highest BCUT2D eigenvalue weighted by Gasteiger charge is 2.37. The Morgan fingerprint density at radius 1 is 1.62 bits per heavy atom. The summed E-state index contributed by atoms with van der Waals surface area (Å²) in [4.78, 5) is 0. The second kappa shape index (κ2) is 2.84. The monoisotopic (exact) mass is 179 g/mol. The van der Waals surface area contributed by atoms with E-state index in [4.69, 9.17) is 5.73 Å². The third kappa shape index (κ3) is 1.91. The van der Waals surface area contributed by atoms with E-state index in [-0.39, 0.29) is 5.54 Å². The van der Waals surface area contributed by atoms with Crippen molar-refractivity contribution in [1.82, 2.24) is 9.78 Å². The third-order valence-corrected chi connectivity index (χ3v) is 2.90. The molecule has 1 aliphatic carbocycles. The van der Waals surface area contributed by atoms with E-state index in [1.54, 1.807) is 0 Å². The van der Waals surface area contributed by atoms with Gasteiger partial charge in [-0.25, -0.2) is 0 Å². The largest absolute Gasteiger partial charge is 0.325 e. The average molecular weight is 179 g/mol. The van der Waals surface area contributed by atoms with E-state index in [2.05, 4.69) is 18.2 Å². The summed E-state index contributed by atoms with van der Waals surface area (Å²) in [5, 5.41) is 4.31. The summed E-state index contributed by atoms with van der Waals surface area (Å²) in [6, 6.07) is 0. The fourth-order valence-corrected chi connectivity index (χ4v) is 1.69. The minimum atomic E-state index is 0.169. The van der Waals surface area contributed by atoms with Gasteiger partial charge >= 0.3 is 0 Å². The van der Waals surface area contributed by atoms with Crippen LogP contribution in [0.15, 0.2) is 6.20 Å². The van der Waals surface area contributed by atoms with Gasteiger partial charge in [-0.05, 0) is 38.2 Å². The summed E-state index contributed by atoms with van der Waals surface area (Å²) >= 11 is 0. The van der Waals surface area contributed by atoms with E-state index in [1.807, 2.05) is 11.7 Å². The second-order valence-electron chi connectivity index (χ2n) is 4.28. The highest BCUT2D eigenvalue weighted by molar-refractivity contribution is 5.17. The molecule has 3 heteroatoms. The molecule has 0 aromatic carbocycles. The maximum atomic E-state index is 6.02. The van der Waals surface area contributed by atoms with Crippen LogP contribution < -0.4 is 5.73 Å². The SMILES string of the molecule is Cc1nn(C)cc1CCC1(N)CC1. The Morgan fingerprint density at radius 2 is 2.31 bits per heavy atom. The maximum Gasteiger partial charge on any atom is 0.0625 e. The Morgan fingerprint density at radius 3 is 2.77 bits per heavy atom. The molecule has 1 aromatic rings. The Labute approximate surface area is 78.9 Å². The molecule has 0 aliphatic heterocycles. The normalized spacial score (nSPS) is 19.0. The maximum absolute atomic E-state index is 6.02. The zero-order chi connectivity index (χ0) is 9.47. The van der Waals surface area contributed by atoms with Gasteiger partial charge in [0.05, 0.1) is 5.69 Å². The molecule has 2 rings (SSSR count). The van der Waals surface area contributed by atoms with Gasteiger partial charge in [0.15, 0.2) is 0 Å². The van der Waals surface area contributed by atoms with Gasteiger partial charge in [0.2, 0.25) is 0 Å². The van der Waals surface area contributed by atoms with Crippen molar-refractivity contribution in [1.29, 1.82) is 0 Å². The van der Waals surface area contributed by atoms with Gasteiger partial charge in [0.25, 0.3) is 0 Å². The smallest absolute Gasteiger partial charge is 0.0625 e. The van der Waals surface area contributed by atoms with Crippen LogP contribution in [0.4, 0.5) is 0 Å². The van der Waals surface area contributed by atoms with Crippen LogP contribution in [0.5, 0.6) is 0 Å². The Hall–Kier alpha value is -0.830. The number of aromatic nitrogens is 2. The lowest BCUT2D eigenvalue weighted by molar-refractivity contribution is 0.608. The highest BCUT2D eigenvalue weighted by Crippen LogP contribution is 2.36. The second-order valence-corrected chi connectivity index (χ2v) is 4.28. The lowest BCUT2D eigenvalue weighted by Crippen LogP contribution is -2.22. The molecular formula is C10H17N3. The van der Waals surface area contributed by atoms with Crippen molar-refractivity contribution in [3.05, 3.63) is 17.5 Å². The molecule has 0 amide bonds. The molecule has 2 N–H and O–H groups in total. The molecule has 1 aromatic heterocycles. The van der Waals surface area contributed by atoms with Gasteiger partial charge in [-0.2, -0.15) is 5.10 Å². The number of nitrogens with two attached hydrogens (primary N) is 1. The lowest BCUT2D eigenvalue weighted by Gasteiger charge is -2.06. The molecule has 0 saturated heterocycles. The summed E-state index contributed by atoms with van der Waals surface area (Å²) in [6.07, 6.45) is 6.69. The lowest BCUT2D eigenvalue weighted by atomic mass is 10.1. The fourth-order valence-electron chi connectivity index (χ4n) is 1.69. The van der Waals surface area contributed by atoms with Crippen molar-refractivity contribution >= 4 is 0 Å². The molecule has 72 valence electrons. The van der Waals surface area contributed by atoms with E-state index in [0.717, 1.165) is 18.5 Å². The number of hydrogen-bond donors (Lipinski definition) is 1. The Balaban J connectivity index is 1.97. The summed E-state index contributed by atoms with van der Waals surface area (Å²) in [6.45, 7) is 2.06. The predicted molar refractivity (Wildman–Crippen MR) is 52.4 cm³/mol. The van der Waals surface area contributed by atoms with Crippen LogP contribution in [0.25, 0.3) is 0 Å². The number of rotatable bonds is 3.